The lowest BCUT2D eigenvalue weighted by molar-refractivity contribution is 0.0749. The Hall–Kier alpha value is -3.02. The molecule has 6 nitrogen and oxygen atoms in total. The van der Waals surface area contributed by atoms with Crippen LogP contribution in [0.2, 0.25) is 0 Å². The van der Waals surface area contributed by atoms with Crippen molar-refractivity contribution in [2.45, 2.75) is 20.0 Å². The second-order valence-corrected chi connectivity index (χ2v) is 5.55. The maximum absolute atomic E-state index is 12.8. The third-order valence-electron chi connectivity index (χ3n) is 4.11. The highest BCUT2D eigenvalue weighted by molar-refractivity contribution is 5.95. The molecule has 1 aliphatic rings. The molecule has 23 heavy (non-hydrogen) atoms. The maximum Gasteiger partial charge on any atom is 0.257 e. The van der Waals surface area contributed by atoms with Gasteiger partial charge in [-0.3, -0.25) is 4.79 Å². The number of rotatable bonds is 2. The Morgan fingerprint density at radius 3 is 2.74 bits per heavy atom. The number of hydrogen-bond donors (Lipinski definition) is 0. The first-order valence-corrected chi connectivity index (χ1v) is 7.41. The quantitative estimate of drug-likeness (QED) is 0.727. The number of hydrogen-bond acceptors (Lipinski definition) is 4. The summed E-state index contributed by atoms with van der Waals surface area (Å²) in [4.78, 5) is 22.8. The van der Waals surface area contributed by atoms with Gasteiger partial charge in [0.1, 0.15) is 6.33 Å². The van der Waals surface area contributed by atoms with Crippen molar-refractivity contribution in [2.24, 2.45) is 0 Å². The highest BCUT2D eigenvalue weighted by Crippen LogP contribution is 2.23. The summed E-state index contributed by atoms with van der Waals surface area (Å²) in [7, 11) is 0. The molecule has 114 valence electrons. The summed E-state index contributed by atoms with van der Waals surface area (Å²) in [5, 5.41) is 4.37. The van der Waals surface area contributed by atoms with Crippen molar-refractivity contribution < 1.29 is 4.79 Å². The van der Waals surface area contributed by atoms with Crippen molar-refractivity contribution in [1.82, 2.24) is 24.6 Å². The summed E-state index contributed by atoms with van der Waals surface area (Å²) < 4.78 is 1.79. The van der Waals surface area contributed by atoms with Crippen LogP contribution in [-0.2, 0) is 13.1 Å². The number of carbonyl (C=O) groups excluding carboxylic acids is 1. The molecule has 6 heteroatoms. The van der Waals surface area contributed by atoms with Crippen LogP contribution >= 0.6 is 0 Å². The van der Waals surface area contributed by atoms with Gasteiger partial charge in [-0.25, -0.2) is 14.6 Å². The van der Waals surface area contributed by atoms with Gasteiger partial charge in [0.25, 0.3) is 5.91 Å². The van der Waals surface area contributed by atoms with Crippen molar-refractivity contribution in [2.75, 3.05) is 0 Å². The van der Waals surface area contributed by atoms with E-state index in [2.05, 4.69) is 15.1 Å². The molecular formula is C17H15N5O. The molecule has 0 N–H and O–H groups in total. The van der Waals surface area contributed by atoms with Crippen LogP contribution in [-0.4, -0.2) is 30.6 Å². The first-order valence-electron chi connectivity index (χ1n) is 7.41. The van der Waals surface area contributed by atoms with E-state index in [0.29, 0.717) is 18.7 Å². The molecule has 1 aromatic carbocycles. The SMILES string of the molecule is Cc1c(C(=O)N2Cc3cncnc3C2)cnn1-c1ccccc1. The number of fused-ring (bicyclic) bond motifs is 1. The standard InChI is InChI=1S/C17H15N5O/c1-12-15(8-20-22(12)14-5-3-2-4-6-14)17(23)21-9-13-7-18-11-19-16(13)10-21/h2-8,11H,9-10H2,1H3. The number of amides is 1. The highest BCUT2D eigenvalue weighted by Gasteiger charge is 2.27. The number of aromatic nitrogens is 4. The average Bonchev–Trinajstić information content (AvgIpc) is 3.18. The minimum absolute atomic E-state index is 0.0253. The second-order valence-electron chi connectivity index (χ2n) is 5.55. The fraction of sp³-hybridized carbons (Fsp3) is 0.176. The largest absolute Gasteiger partial charge is 0.328 e. The number of para-hydroxylation sites is 1. The Balaban J connectivity index is 1.63. The monoisotopic (exact) mass is 305 g/mol. The zero-order valence-corrected chi connectivity index (χ0v) is 12.7. The fourth-order valence-electron chi connectivity index (χ4n) is 2.86. The Labute approximate surface area is 133 Å². The van der Waals surface area contributed by atoms with Crippen LogP contribution in [0.15, 0.2) is 49.1 Å². The molecule has 0 atom stereocenters. The zero-order chi connectivity index (χ0) is 15.8. The van der Waals surface area contributed by atoms with Gasteiger partial charge in [0.2, 0.25) is 0 Å². The second kappa shape index (κ2) is 5.31. The Morgan fingerprint density at radius 2 is 1.96 bits per heavy atom. The van der Waals surface area contributed by atoms with Crippen LogP contribution in [0.25, 0.3) is 5.69 Å². The van der Waals surface area contributed by atoms with Crippen LogP contribution in [0.3, 0.4) is 0 Å². The summed E-state index contributed by atoms with van der Waals surface area (Å²) in [6, 6.07) is 9.80. The lowest BCUT2D eigenvalue weighted by Gasteiger charge is -2.14. The molecule has 2 aromatic heterocycles. The lowest BCUT2D eigenvalue weighted by Crippen LogP contribution is -2.25. The predicted molar refractivity (Wildman–Crippen MR) is 83.9 cm³/mol. The van der Waals surface area contributed by atoms with E-state index in [1.165, 1.54) is 6.33 Å². The average molecular weight is 305 g/mol. The summed E-state index contributed by atoms with van der Waals surface area (Å²) in [5.74, 6) is -0.0253. The summed E-state index contributed by atoms with van der Waals surface area (Å²) in [6.45, 7) is 2.98. The molecule has 0 aliphatic carbocycles. The molecule has 0 unspecified atom stereocenters. The number of nitrogens with zero attached hydrogens (tertiary/aromatic N) is 5. The Kier molecular flexibility index (Phi) is 3.15. The molecule has 3 heterocycles. The minimum atomic E-state index is -0.0253. The van der Waals surface area contributed by atoms with E-state index in [-0.39, 0.29) is 5.91 Å². The third-order valence-corrected chi connectivity index (χ3v) is 4.11. The molecule has 1 amide bonds. The predicted octanol–water partition coefficient (Wildman–Crippen LogP) is 2.13. The smallest absolute Gasteiger partial charge is 0.257 e. The van der Waals surface area contributed by atoms with Gasteiger partial charge in [0.15, 0.2) is 0 Å². The van der Waals surface area contributed by atoms with E-state index in [4.69, 9.17) is 0 Å². The lowest BCUT2D eigenvalue weighted by atomic mass is 10.2. The van der Waals surface area contributed by atoms with Crippen molar-refractivity contribution in [1.29, 1.82) is 0 Å². The molecular weight excluding hydrogens is 290 g/mol. The van der Waals surface area contributed by atoms with E-state index >= 15 is 0 Å². The van der Waals surface area contributed by atoms with Crippen LogP contribution in [0, 0.1) is 6.92 Å². The zero-order valence-electron chi connectivity index (χ0n) is 12.7. The maximum atomic E-state index is 12.8. The van der Waals surface area contributed by atoms with Gasteiger partial charge in [0.05, 0.1) is 35.4 Å². The minimum Gasteiger partial charge on any atom is -0.328 e. The van der Waals surface area contributed by atoms with Crippen LogP contribution in [0.5, 0.6) is 0 Å². The third kappa shape index (κ3) is 2.28. The van der Waals surface area contributed by atoms with Gasteiger partial charge < -0.3 is 4.90 Å². The molecule has 0 saturated carbocycles. The normalized spacial score (nSPS) is 13.2. The molecule has 0 bridgehead atoms. The van der Waals surface area contributed by atoms with Crippen LogP contribution < -0.4 is 0 Å². The topological polar surface area (TPSA) is 63.9 Å². The summed E-state index contributed by atoms with van der Waals surface area (Å²) >= 11 is 0. The van der Waals surface area contributed by atoms with E-state index in [1.807, 2.05) is 37.3 Å². The molecule has 3 aromatic rings. The highest BCUT2D eigenvalue weighted by atomic mass is 16.2. The van der Waals surface area contributed by atoms with E-state index < -0.39 is 0 Å². The van der Waals surface area contributed by atoms with Gasteiger partial charge in [-0.2, -0.15) is 5.10 Å². The van der Waals surface area contributed by atoms with Gasteiger partial charge >= 0.3 is 0 Å². The molecule has 0 spiro atoms. The first kappa shape index (κ1) is 13.6. The van der Waals surface area contributed by atoms with Gasteiger partial charge in [-0.05, 0) is 19.1 Å². The summed E-state index contributed by atoms with van der Waals surface area (Å²) in [6.07, 6.45) is 4.93. The van der Waals surface area contributed by atoms with Crippen LogP contribution in [0.4, 0.5) is 0 Å². The van der Waals surface area contributed by atoms with E-state index in [0.717, 1.165) is 22.6 Å². The van der Waals surface area contributed by atoms with Crippen molar-refractivity contribution in [3.63, 3.8) is 0 Å². The van der Waals surface area contributed by atoms with Crippen molar-refractivity contribution in [3.05, 3.63) is 71.6 Å². The van der Waals surface area contributed by atoms with Crippen molar-refractivity contribution >= 4 is 5.91 Å². The number of benzene rings is 1. The fourth-order valence-corrected chi connectivity index (χ4v) is 2.86. The molecule has 1 aliphatic heterocycles. The molecule has 0 radical (unpaired) electrons. The van der Waals surface area contributed by atoms with E-state index in [1.54, 1.807) is 22.0 Å². The van der Waals surface area contributed by atoms with Gasteiger partial charge in [-0.15, -0.1) is 0 Å². The van der Waals surface area contributed by atoms with Gasteiger partial charge in [0, 0.05) is 18.3 Å². The van der Waals surface area contributed by atoms with Gasteiger partial charge in [-0.1, -0.05) is 18.2 Å². The van der Waals surface area contributed by atoms with E-state index in [9.17, 15) is 4.79 Å². The summed E-state index contributed by atoms with van der Waals surface area (Å²) in [5.41, 5.74) is 4.33. The number of carbonyl (C=O) groups is 1. The molecule has 4 rings (SSSR count). The molecule has 0 saturated heterocycles. The van der Waals surface area contributed by atoms with Crippen molar-refractivity contribution in [3.8, 4) is 5.69 Å². The molecule has 0 fully saturated rings. The first-order chi connectivity index (χ1) is 11.2. The Bertz CT molecular complexity index is 847. The Morgan fingerprint density at radius 1 is 1.13 bits per heavy atom. The van der Waals surface area contributed by atoms with Crippen LogP contribution in [0.1, 0.15) is 27.3 Å².